The van der Waals surface area contributed by atoms with E-state index in [1.54, 1.807) is 36.9 Å². The fourth-order valence-corrected chi connectivity index (χ4v) is 4.72. The Morgan fingerprint density at radius 3 is 2.50 bits per heavy atom. The molecule has 0 N–H and O–H groups in total. The highest BCUT2D eigenvalue weighted by molar-refractivity contribution is 5.95. The van der Waals surface area contributed by atoms with E-state index in [1.807, 2.05) is 30.3 Å². The van der Waals surface area contributed by atoms with Gasteiger partial charge in [0.05, 0.1) is 6.54 Å². The molecule has 2 aliphatic rings. The van der Waals surface area contributed by atoms with Crippen molar-refractivity contribution in [3.8, 4) is 5.75 Å². The Morgan fingerprint density at radius 1 is 1.09 bits per heavy atom. The molecule has 8 nitrogen and oxygen atoms in total. The molecule has 2 saturated heterocycles. The van der Waals surface area contributed by atoms with Gasteiger partial charge in [0.15, 0.2) is 5.78 Å². The molecule has 0 unspecified atom stereocenters. The molecule has 8 heteroatoms. The van der Waals surface area contributed by atoms with Crippen molar-refractivity contribution >= 4 is 23.7 Å². The van der Waals surface area contributed by atoms with Gasteiger partial charge in [0.25, 0.3) is 0 Å². The first kappa shape index (κ1) is 23.5. The van der Waals surface area contributed by atoms with Crippen LogP contribution in [0.1, 0.15) is 41.8 Å². The standard InChI is InChI=1S/C26H29N3O5/c1-17-15-21(9-10-22(17)19(3)30)34-26(33)28-14-12-24(31)29-18(2)25(32)27(16-23(28)29)13-11-20-7-5-4-6-8-20/h4-10,15,18,23H,11-14,16H2,1-3H3/t18-,23+/m0/s1. The highest BCUT2D eigenvalue weighted by atomic mass is 16.6. The molecule has 3 amide bonds. The average Bonchev–Trinajstić information content (AvgIpc) is 2.80. The number of hydrogen-bond acceptors (Lipinski definition) is 5. The molecule has 0 bridgehead atoms. The lowest BCUT2D eigenvalue weighted by atomic mass is 10.0. The van der Waals surface area contributed by atoms with Crippen molar-refractivity contribution in [1.82, 2.24) is 14.7 Å². The van der Waals surface area contributed by atoms with Crippen LogP contribution in [0.2, 0.25) is 0 Å². The van der Waals surface area contributed by atoms with Gasteiger partial charge in [-0.3, -0.25) is 19.3 Å². The van der Waals surface area contributed by atoms with E-state index >= 15 is 0 Å². The van der Waals surface area contributed by atoms with Gasteiger partial charge in [-0.15, -0.1) is 0 Å². The second-order valence-corrected chi connectivity index (χ2v) is 8.82. The Morgan fingerprint density at radius 2 is 1.82 bits per heavy atom. The van der Waals surface area contributed by atoms with Gasteiger partial charge >= 0.3 is 6.09 Å². The third kappa shape index (κ3) is 4.66. The van der Waals surface area contributed by atoms with Crippen LogP contribution in [0.15, 0.2) is 48.5 Å². The lowest BCUT2D eigenvalue weighted by molar-refractivity contribution is -0.166. The first-order chi connectivity index (χ1) is 16.3. The molecule has 2 fully saturated rings. The molecule has 0 radical (unpaired) electrons. The topological polar surface area (TPSA) is 87.2 Å². The lowest BCUT2D eigenvalue weighted by Gasteiger charge is -2.51. The maximum atomic E-state index is 13.1. The van der Waals surface area contributed by atoms with E-state index in [0.717, 1.165) is 11.1 Å². The summed E-state index contributed by atoms with van der Waals surface area (Å²) in [5.41, 5.74) is 2.41. The van der Waals surface area contributed by atoms with Gasteiger partial charge in [-0.25, -0.2) is 4.79 Å². The van der Waals surface area contributed by atoms with E-state index in [1.165, 1.54) is 16.7 Å². The maximum Gasteiger partial charge on any atom is 0.416 e. The number of aryl methyl sites for hydroxylation is 1. The fourth-order valence-electron chi connectivity index (χ4n) is 4.72. The Bertz CT molecular complexity index is 1120. The van der Waals surface area contributed by atoms with E-state index in [2.05, 4.69) is 0 Å². The number of benzene rings is 2. The zero-order valence-electron chi connectivity index (χ0n) is 19.7. The highest BCUT2D eigenvalue weighted by Crippen LogP contribution is 2.27. The molecule has 178 valence electrons. The summed E-state index contributed by atoms with van der Waals surface area (Å²) >= 11 is 0. The van der Waals surface area contributed by atoms with Crippen LogP contribution in [0.4, 0.5) is 4.79 Å². The Hall–Kier alpha value is -3.68. The predicted molar refractivity (Wildman–Crippen MR) is 125 cm³/mol. The molecule has 2 heterocycles. The molecular formula is C26H29N3O5. The molecule has 2 atom stereocenters. The normalized spacial score (nSPS) is 20.3. The minimum Gasteiger partial charge on any atom is -0.410 e. The van der Waals surface area contributed by atoms with Gasteiger partial charge in [0, 0.05) is 25.1 Å². The van der Waals surface area contributed by atoms with E-state index < -0.39 is 18.3 Å². The number of fused-ring (bicyclic) bond motifs is 1. The molecule has 2 aromatic rings. The summed E-state index contributed by atoms with van der Waals surface area (Å²) in [4.78, 5) is 55.3. The summed E-state index contributed by atoms with van der Waals surface area (Å²) in [6.45, 7) is 5.94. The van der Waals surface area contributed by atoms with Crippen molar-refractivity contribution in [3.63, 3.8) is 0 Å². The maximum absolute atomic E-state index is 13.1. The summed E-state index contributed by atoms with van der Waals surface area (Å²) in [5.74, 6) is 0.0132. The first-order valence-electron chi connectivity index (χ1n) is 11.5. The van der Waals surface area contributed by atoms with Crippen LogP contribution >= 0.6 is 0 Å². The number of hydrogen-bond donors (Lipinski definition) is 0. The van der Waals surface area contributed by atoms with Crippen molar-refractivity contribution in [3.05, 3.63) is 65.2 Å². The van der Waals surface area contributed by atoms with Crippen LogP contribution in [0.25, 0.3) is 0 Å². The Kier molecular flexibility index (Phi) is 6.68. The molecule has 2 aromatic carbocycles. The van der Waals surface area contributed by atoms with Crippen LogP contribution in [0.5, 0.6) is 5.75 Å². The van der Waals surface area contributed by atoms with Gasteiger partial charge in [-0.2, -0.15) is 0 Å². The van der Waals surface area contributed by atoms with Crippen molar-refractivity contribution in [2.45, 2.75) is 45.8 Å². The van der Waals surface area contributed by atoms with E-state index in [-0.39, 0.29) is 37.1 Å². The second-order valence-electron chi connectivity index (χ2n) is 8.82. The molecule has 0 aliphatic carbocycles. The quantitative estimate of drug-likeness (QED) is 0.636. The number of carbonyl (C=O) groups excluding carboxylic acids is 4. The van der Waals surface area contributed by atoms with Crippen LogP contribution in [0.3, 0.4) is 0 Å². The summed E-state index contributed by atoms with van der Waals surface area (Å²) < 4.78 is 5.61. The van der Waals surface area contributed by atoms with Gasteiger partial charge in [-0.05, 0) is 56.5 Å². The summed E-state index contributed by atoms with van der Waals surface area (Å²) in [5, 5.41) is 0. The number of nitrogens with zero attached hydrogens (tertiary/aromatic N) is 3. The fraction of sp³-hybridized carbons (Fsp3) is 0.385. The van der Waals surface area contributed by atoms with Crippen LogP contribution < -0.4 is 4.74 Å². The monoisotopic (exact) mass is 463 g/mol. The van der Waals surface area contributed by atoms with Crippen LogP contribution in [-0.4, -0.2) is 70.2 Å². The number of rotatable bonds is 5. The zero-order valence-corrected chi connectivity index (χ0v) is 19.7. The molecule has 0 saturated carbocycles. The summed E-state index contributed by atoms with van der Waals surface area (Å²) in [6.07, 6.45) is -0.348. The van der Waals surface area contributed by atoms with Crippen molar-refractivity contribution < 1.29 is 23.9 Å². The first-order valence-corrected chi connectivity index (χ1v) is 11.5. The number of ketones is 1. The van der Waals surface area contributed by atoms with E-state index in [4.69, 9.17) is 4.74 Å². The third-order valence-electron chi connectivity index (χ3n) is 6.54. The minimum atomic E-state index is -0.658. The SMILES string of the molecule is CC(=O)c1ccc(OC(=O)N2CCC(=O)N3[C@@H]2CN(CCc2ccccc2)C(=O)[C@@H]3C)cc1C. The Balaban J connectivity index is 1.51. The van der Waals surface area contributed by atoms with Gasteiger partial charge < -0.3 is 14.5 Å². The van der Waals surface area contributed by atoms with Crippen LogP contribution in [-0.2, 0) is 16.0 Å². The summed E-state index contributed by atoms with van der Waals surface area (Å²) in [6, 6.07) is 14.1. The number of amides is 3. The zero-order chi connectivity index (χ0) is 24.4. The largest absolute Gasteiger partial charge is 0.416 e. The van der Waals surface area contributed by atoms with E-state index in [9.17, 15) is 19.2 Å². The summed E-state index contributed by atoms with van der Waals surface area (Å²) in [7, 11) is 0. The molecule has 2 aliphatic heterocycles. The molecule has 4 rings (SSSR count). The van der Waals surface area contributed by atoms with Crippen LogP contribution in [0, 0.1) is 6.92 Å². The van der Waals surface area contributed by atoms with Gasteiger partial charge in [0.1, 0.15) is 18.0 Å². The predicted octanol–water partition coefficient (Wildman–Crippen LogP) is 3.03. The van der Waals surface area contributed by atoms with Gasteiger partial charge in [-0.1, -0.05) is 30.3 Å². The third-order valence-corrected chi connectivity index (χ3v) is 6.54. The molecule has 0 spiro atoms. The minimum absolute atomic E-state index is 0.0583. The average molecular weight is 464 g/mol. The number of Topliss-reactive ketones (excluding diaryl/α,β-unsaturated/α-hetero) is 1. The number of ether oxygens (including phenoxy) is 1. The smallest absolute Gasteiger partial charge is 0.410 e. The molecular weight excluding hydrogens is 434 g/mol. The van der Waals surface area contributed by atoms with E-state index in [0.29, 0.717) is 24.3 Å². The molecule has 0 aromatic heterocycles. The Labute approximate surface area is 199 Å². The van der Waals surface area contributed by atoms with Crippen molar-refractivity contribution in [2.75, 3.05) is 19.6 Å². The van der Waals surface area contributed by atoms with Gasteiger partial charge in [0.2, 0.25) is 11.8 Å². The number of carbonyl (C=O) groups is 4. The lowest BCUT2D eigenvalue weighted by Crippen LogP contribution is -2.71. The number of piperazine rings is 1. The highest BCUT2D eigenvalue weighted by Gasteiger charge is 2.47. The van der Waals surface area contributed by atoms with Crippen molar-refractivity contribution in [2.24, 2.45) is 0 Å². The second kappa shape index (κ2) is 9.67. The molecule has 34 heavy (non-hydrogen) atoms. The van der Waals surface area contributed by atoms with Crippen molar-refractivity contribution in [1.29, 1.82) is 0 Å².